The zero-order valence-corrected chi connectivity index (χ0v) is 12.0. The lowest BCUT2D eigenvalue weighted by Crippen LogP contribution is -2.61. The van der Waals surface area contributed by atoms with Crippen LogP contribution in [0.5, 0.6) is 0 Å². The van der Waals surface area contributed by atoms with Crippen LogP contribution in [-0.4, -0.2) is 64.7 Å². The van der Waals surface area contributed by atoms with Gasteiger partial charge in [-0.3, -0.25) is 9.59 Å². The van der Waals surface area contributed by atoms with E-state index in [4.69, 9.17) is 9.84 Å². The Labute approximate surface area is 117 Å². The number of aliphatic carboxylic acids is 1. The van der Waals surface area contributed by atoms with Crippen molar-refractivity contribution < 1.29 is 24.2 Å². The molecule has 2 rings (SSSR count). The van der Waals surface area contributed by atoms with Crippen molar-refractivity contribution in [2.24, 2.45) is 11.8 Å². The zero-order valence-electron chi connectivity index (χ0n) is 12.0. The average Bonchev–Trinajstić information content (AvgIpc) is 2.07. The molecule has 0 aromatic heterocycles. The van der Waals surface area contributed by atoms with Crippen LogP contribution in [0.25, 0.3) is 0 Å². The van der Waals surface area contributed by atoms with Gasteiger partial charge in [0.1, 0.15) is 5.60 Å². The van der Waals surface area contributed by atoms with E-state index in [1.54, 1.807) is 20.8 Å². The van der Waals surface area contributed by atoms with Crippen LogP contribution in [0.3, 0.4) is 0 Å². The maximum Gasteiger partial charge on any atom is 0.410 e. The highest BCUT2D eigenvalue weighted by atomic mass is 16.6. The van der Waals surface area contributed by atoms with Crippen LogP contribution in [0.15, 0.2) is 0 Å². The van der Waals surface area contributed by atoms with Gasteiger partial charge in [-0.05, 0) is 20.8 Å². The van der Waals surface area contributed by atoms with E-state index in [0.29, 0.717) is 13.1 Å². The highest BCUT2D eigenvalue weighted by Gasteiger charge is 2.44. The van der Waals surface area contributed by atoms with Crippen LogP contribution in [0.1, 0.15) is 20.8 Å². The summed E-state index contributed by atoms with van der Waals surface area (Å²) in [5.41, 5.74) is -0.543. The van der Waals surface area contributed by atoms with Crippen molar-refractivity contribution in [2.75, 3.05) is 26.2 Å². The number of hydrogen-bond donors (Lipinski definition) is 1. The number of carbonyl (C=O) groups is 3. The van der Waals surface area contributed by atoms with Gasteiger partial charge in [-0.15, -0.1) is 0 Å². The number of ether oxygens (including phenoxy) is 1. The Morgan fingerprint density at radius 1 is 1.00 bits per heavy atom. The van der Waals surface area contributed by atoms with Gasteiger partial charge in [-0.25, -0.2) is 4.79 Å². The molecule has 2 aliphatic heterocycles. The average molecular weight is 284 g/mol. The van der Waals surface area contributed by atoms with Gasteiger partial charge >= 0.3 is 12.1 Å². The lowest BCUT2D eigenvalue weighted by molar-refractivity contribution is -0.156. The highest BCUT2D eigenvalue weighted by molar-refractivity contribution is 5.85. The quantitative estimate of drug-likeness (QED) is 0.793. The van der Waals surface area contributed by atoms with E-state index >= 15 is 0 Å². The van der Waals surface area contributed by atoms with E-state index in [9.17, 15) is 14.4 Å². The van der Waals surface area contributed by atoms with Crippen LogP contribution in [0, 0.1) is 11.8 Å². The summed E-state index contributed by atoms with van der Waals surface area (Å²) in [6, 6.07) is 0. The molecule has 0 atom stereocenters. The van der Waals surface area contributed by atoms with Crippen LogP contribution in [-0.2, 0) is 14.3 Å². The van der Waals surface area contributed by atoms with Crippen LogP contribution in [0.4, 0.5) is 4.79 Å². The number of likely N-dealkylation sites (tertiary alicyclic amines) is 2. The predicted molar refractivity (Wildman–Crippen MR) is 69.0 cm³/mol. The molecule has 2 fully saturated rings. The fraction of sp³-hybridized carbons (Fsp3) is 0.769. The topological polar surface area (TPSA) is 87.2 Å². The Morgan fingerprint density at radius 3 is 1.95 bits per heavy atom. The minimum Gasteiger partial charge on any atom is -0.481 e. The first-order valence-electron chi connectivity index (χ1n) is 6.67. The number of rotatable bonds is 2. The van der Waals surface area contributed by atoms with E-state index in [2.05, 4.69) is 0 Å². The van der Waals surface area contributed by atoms with Gasteiger partial charge in [0.15, 0.2) is 0 Å². The Balaban J connectivity index is 1.73. The number of amides is 2. The fourth-order valence-electron chi connectivity index (χ4n) is 2.18. The zero-order chi connectivity index (χ0) is 15.1. The summed E-state index contributed by atoms with van der Waals surface area (Å²) in [6.45, 7) is 6.62. The maximum atomic E-state index is 12.0. The summed E-state index contributed by atoms with van der Waals surface area (Å²) >= 11 is 0. The van der Waals surface area contributed by atoms with Gasteiger partial charge in [0, 0.05) is 26.2 Å². The molecule has 0 spiro atoms. The SMILES string of the molecule is CC(C)(C)OC(=O)N1CC(C(=O)N2CC(C(=O)O)C2)C1. The summed E-state index contributed by atoms with van der Waals surface area (Å²) in [6.07, 6.45) is -0.409. The lowest BCUT2D eigenvalue weighted by Gasteiger charge is -2.44. The van der Waals surface area contributed by atoms with Gasteiger partial charge in [-0.1, -0.05) is 0 Å². The van der Waals surface area contributed by atoms with Crippen molar-refractivity contribution in [1.82, 2.24) is 9.80 Å². The molecular formula is C13H20N2O5. The third-order valence-electron chi connectivity index (χ3n) is 3.42. The van der Waals surface area contributed by atoms with Gasteiger partial charge in [0.25, 0.3) is 0 Å². The Bertz CT molecular complexity index is 431. The monoisotopic (exact) mass is 284 g/mol. The molecule has 0 aliphatic carbocycles. The number of carboxylic acids is 1. The van der Waals surface area contributed by atoms with Gasteiger partial charge in [0.2, 0.25) is 5.91 Å². The second kappa shape index (κ2) is 4.96. The van der Waals surface area contributed by atoms with E-state index in [0.717, 1.165) is 0 Å². The van der Waals surface area contributed by atoms with Crippen LogP contribution >= 0.6 is 0 Å². The molecule has 2 heterocycles. The van der Waals surface area contributed by atoms with Gasteiger partial charge in [0.05, 0.1) is 11.8 Å². The molecule has 0 bridgehead atoms. The Morgan fingerprint density at radius 2 is 1.50 bits per heavy atom. The summed E-state index contributed by atoms with van der Waals surface area (Å²) in [7, 11) is 0. The van der Waals surface area contributed by atoms with E-state index in [1.165, 1.54) is 9.80 Å². The first-order chi connectivity index (χ1) is 9.17. The van der Waals surface area contributed by atoms with Gasteiger partial charge in [-0.2, -0.15) is 0 Å². The smallest absolute Gasteiger partial charge is 0.410 e. The molecule has 0 unspecified atom stereocenters. The molecule has 2 saturated heterocycles. The second-order valence-electron chi connectivity index (χ2n) is 6.36. The molecule has 0 radical (unpaired) electrons. The minimum atomic E-state index is -0.863. The first-order valence-corrected chi connectivity index (χ1v) is 6.67. The molecule has 0 aromatic carbocycles. The maximum absolute atomic E-state index is 12.0. The molecular weight excluding hydrogens is 264 g/mol. The van der Waals surface area contributed by atoms with E-state index < -0.39 is 23.6 Å². The predicted octanol–water partition coefficient (Wildman–Crippen LogP) is 0.396. The van der Waals surface area contributed by atoms with E-state index in [-0.39, 0.29) is 24.9 Å². The van der Waals surface area contributed by atoms with Gasteiger partial charge < -0.3 is 19.6 Å². The molecule has 7 nitrogen and oxygen atoms in total. The molecule has 2 amide bonds. The molecule has 2 aliphatic rings. The molecule has 1 N–H and O–H groups in total. The standard InChI is InChI=1S/C13H20N2O5/c1-13(2,3)20-12(19)15-4-8(5-15)10(16)14-6-9(7-14)11(17)18/h8-9H,4-7H2,1-3H3,(H,17,18). The largest absolute Gasteiger partial charge is 0.481 e. The van der Waals surface area contributed by atoms with Crippen molar-refractivity contribution in [3.05, 3.63) is 0 Å². The van der Waals surface area contributed by atoms with Crippen LogP contribution in [0.2, 0.25) is 0 Å². The summed E-state index contributed by atoms with van der Waals surface area (Å²) in [5, 5.41) is 8.76. The number of nitrogens with zero attached hydrogens (tertiary/aromatic N) is 2. The fourth-order valence-corrected chi connectivity index (χ4v) is 2.18. The van der Waals surface area contributed by atoms with Crippen LogP contribution < -0.4 is 0 Å². The summed E-state index contributed by atoms with van der Waals surface area (Å²) in [4.78, 5) is 37.4. The number of hydrogen-bond acceptors (Lipinski definition) is 4. The lowest BCUT2D eigenvalue weighted by atomic mass is 9.93. The van der Waals surface area contributed by atoms with Crippen molar-refractivity contribution in [3.63, 3.8) is 0 Å². The number of carbonyl (C=O) groups excluding carboxylic acids is 2. The normalized spacial score (nSPS) is 20.1. The third-order valence-corrected chi connectivity index (χ3v) is 3.42. The Kier molecular flexibility index (Phi) is 3.62. The molecule has 0 saturated carbocycles. The summed E-state index contributed by atoms with van der Waals surface area (Å²) < 4.78 is 5.20. The Hall–Kier alpha value is -1.79. The minimum absolute atomic E-state index is 0.0673. The van der Waals surface area contributed by atoms with Crippen molar-refractivity contribution in [2.45, 2.75) is 26.4 Å². The first kappa shape index (κ1) is 14.6. The van der Waals surface area contributed by atoms with Crippen molar-refractivity contribution >= 4 is 18.0 Å². The molecule has 112 valence electrons. The second-order valence-corrected chi connectivity index (χ2v) is 6.36. The molecule has 7 heteroatoms. The van der Waals surface area contributed by atoms with E-state index in [1.807, 2.05) is 0 Å². The van der Waals surface area contributed by atoms with Crippen molar-refractivity contribution in [1.29, 1.82) is 0 Å². The number of carboxylic acid groups (broad SMARTS) is 1. The third kappa shape index (κ3) is 3.02. The summed E-state index contributed by atoms with van der Waals surface area (Å²) in [5.74, 6) is -1.60. The van der Waals surface area contributed by atoms with Crippen molar-refractivity contribution in [3.8, 4) is 0 Å². The molecule has 0 aromatic rings. The highest BCUT2D eigenvalue weighted by Crippen LogP contribution is 2.25. The molecule has 20 heavy (non-hydrogen) atoms.